The zero-order chi connectivity index (χ0) is 22.5. The minimum Gasteiger partial charge on any atom is -0.508 e. The largest absolute Gasteiger partial charge is 0.508 e. The molecule has 3 aromatic carbocycles. The van der Waals surface area contributed by atoms with Crippen LogP contribution in [0, 0.1) is 5.41 Å². The Kier molecular flexibility index (Phi) is 4.96. The molecule has 1 aliphatic carbocycles. The first-order valence-corrected chi connectivity index (χ1v) is 11.3. The summed E-state index contributed by atoms with van der Waals surface area (Å²) in [6.45, 7) is 7.33. The van der Waals surface area contributed by atoms with Crippen LogP contribution in [0.5, 0.6) is 5.75 Å². The van der Waals surface area contributed by atoms with E-state index in [0.29, 0.717) is 19.6 Å². The molecule has 32 heavy (non-hydrogen) atoms. The van der Waals surface area contributed by atoms with Crippen LogP contribution in [0.1, 0.15) is 55.0 Å². The van der Waals surface area contributed by atoms with Gasteiger partial charge in [-0.3, -0.25) is 0 Å². The molecule has 0 bridgehead atoms. The molecule has 1 aliphatic heterocycles. The number of amides is 1. The van der Waals surface area contributed by atoms with E-state index in [0.717, 1.165) is 11.1 Å². The fourth-order valence-electron chi connectivity index (χ4n) is 5.42. The zero-order valence-electron chi connectivity index (χ0n) is 18.8. The van der Waals surface area contributed by atoms with Crippen LogP contribution in [0.15, 0.2) is 66.7 Å². The van der Waals surface area contributed by atoms with Crippen LogP contribution in [-0.4, -0.2) is 29.3 Å². The number of hydrogen-bond acceptors (Lipinski definition) is 3. The van der Waals surface area contributed by atoms with Crippen molar-refractivity contribution in [3.05, 3.63) is 89.0 Å². The van der Waals surface area contributed by atoms with Crippen LogP contribution in [0.25, 0.3) is 11.1 Å². The van der Waals surface area contributed by atoms with Gasteiger partial charge in [-0.1, -0.05) is 75.4 Å². The molecule has 0 saturated heterocycles. The average molecular weight is 428 g/mol. The number of nitrogens with zero attached hydrogens (tertiary/aromatic N) is 1. The van der Waals surface area contributed by atoms with Gasteiger partial charge in [0.25, 0.3) is 0 Å². The summed E-state index contributed by atoms with van der Waals surface area (Å²) in [5.74, 6) is 0.319. The number of ether oxygens (including phenoxy) is 1. The van der Waals surface area contributed by atoms with Crippen molar-refractivity contribution in [3.63, 3.8) is 0 Å². The van der Waals surface area contributed by atoms with Gasteiger partial charge >= 0.3 is 6.09 Å². The molecular formula is C28H29NO3. The summed E-state index contributed by atoms with van der Waals surface area (Å²) < 4.78 is 5.98. The number of phenolic OH excluding ortho intramolecular Hbond substituents is 1. The highest BCUT2D eigenvalue weighted by Gasteiger charge is 2.40. The quantitative estimate of drug-likeness (QED) is 0.523. The predicted octanol–water partition coefficient (Wildman–Crippen LogP) is 6.29. The molecular weight excluding hydrogens is 398 g/mol. The topological polar surface area (TPSA) is 49.8 Å². The lowest BCUT2D eigenvalue weighted by Crippen LogP contribution is -2.45. The summed E-state index contributed by atoms with van der Waals surface area (Å²) in [6.07, 6.45) is 0.436. The normalized spacial score (nSPS) is 17.5. The maximum atomic E-state index is 13.4. The summed E-state index contributed by atoms with van der Waals surface area (Å²) in [5.41, 5.74) is 6.91. The number of carbonyl (C=O) groups is 1. The zero-order valence-corrected chi connectivity index (χ0v) is 18.8. The van der Waals surface area contributed by atoms with Gasteiger partial charge < -0.3 is 14.7 Å². The SMILES string of the molecule is CC(C)(C)C1c2ccc(O)cc2CCN1C(=O)OCC1c2ccccc2-c2ccccc21. The van der Waals surface area contributed by atoms with E-state index < -0.39 is 0 Å². The molecule has 0 spiro atoms. The first-order chi connectivity index (χ1) is 15.3. The maximum absolute atomic E-state index is 13.4. The van der Waals surface area contributed by atoms with Gasteiger partial charge in [-0.25, -0.2) is 4.79 Å². The Morgan fingerprint density at radius 2 is 1.59 bits per heavy atom. The third-order valence-corrected chi connectivity index (χ3v) is 6.75. The van der Waals surface area contributed by atoms with Crippen LogP contribution in [0.2, 0.25) is 0 Å². The smallest absolute Gasteiger partial charge is 0.410 e. The Balaban J connectivity index is 1.40. The molecule has 0 aromatic heterocycles. The second-order valence-electron chi connectivity index (χ2n) is 9.90. The number of aromatic hydroxyl groups is 1. The highest BCUT2D eigenvalue weighted by Crippen LogP contribution is 2.46. The van der Waals surface area contributed by atoms with E-state index in [1.165, 1.54) is 22.3 Å². The lowest BCUT2D eigenvalue weighted by Gasteiger charge is -2.43. The van der Waals surface area contributed by atoms with Gasteiger partial charge in [0.15, 0.2) is 0 Å². The van der Waals surface area contributed by atoms with E-state index in [1.54, 1.807) is 6.07 Å². The molecule has 1 unspecified atom stereocenters. The highest BCUT2D eigenvalue weighted by molar-refractivity contribution is 5.79. The molecule has 0 fully saturated rings. The van der Waals surface area contributed by atoms with Gasteiger partial charge in [0.2, 0.25) is 0 Å². The summed E-state index contributed by atoms with van der Waals surface area (Å²) in [6, 6.07) is 22.1. The van der Waals surface area contributed by atoms with Gasteiger partial charge in [-0.05, 0) is 57.3 Å². The fourth-order valence-corrected chi connectivity index (χ4v) is 5.42. The Bertz CT molecular complexity index is 1130. The van der Waals surface area contributed by atoms with E-state index in [1.807, 2.05) is 29.2 Å². The predicted molar refractivity (Wildman–Crippen MR) is 126 cm³/mol. The highest BCUT2D eigenvalue weighted by atomic mass is 16.6. The second kappa shape index (κ2) is 7.70. The van der Waals surface area contributed by atoms with Gasteiger partial charge in [0.1, 0.15) is 12.4 Å². The van der Waals surface area contributed by atoms with Gasteiger partial charge in [-0.2, -0.15) is 0 Å². The van der Waals surface area contributed by atoms with Crippen molar-refractivity contribution in [2.75, 3.05) is 13.2 Å². The molecule has 5 rings (SSSR count). The number of phenols is 1. The molecule has 4 heteroatoms. The molecule has 1 amide bonds. The van der Waals surface area contributed by atoms with E-state index in [4.69, 9.17) is 4.74 Å². The molecule has 1 heterocycles. The number of fused-ring (bicyclic) bond motifs is 4. The Morgan fingerprint density at radius 3 is 2.22 bits per heavy atom. The average Bonchev–Trinajstić information content (AvgIpc) is 3.09. The van der Waals surface area contributed by atoms with E-state index in [9.17, 15) is 9.90 Å². The number of rotatable bonds is 2. The molecule has 2 aliphatic rings. The first kappa shape index (κ1) is 20.6. The van der Waals surface area contributed by atoms with Crippen molar-refractivity contribution < 1.29 is 14.6 Å². The molecule has 0 saturated carbocycles. The van der Waals surface area contributed by atoms with Gasteiger partial charge in [0.05, 0.1) is 6.04 Å². The molecule has 3 aromatic rings. The Hall–Kier alpha value is -3.27. The minimum absolute atomic E-state index is 0.0495. The summed E-state index contributed by atoms with van der Waals surface area (Å²) >= 11 is 0. The van der Waals surface area contributed by atoms with Crippen LogP contribution in [0.3, 0.4) is 0 Å². The molecule has 1 atom stereocenters. The second-order valence-corrected chi connectivity index (χ2v) is 9.90. The van der Waals surface area contributed by atoms with Crippen molar-refractivity contribution in [1.82, 2.24) is 4.90 Å². The van der Waals surface area contributed by atoms with Gasteiger partial charge in [-0.15, -0.1) is 0 Å². The van der Waals surface area contributed by atoms with Gasteiger partial charge in [0, 0.05) is 12.5 Å². The monoisotopic (exact) mass is 427 g/mol. The molecule has 1 N–H and O–H groups in total. The van der Waals surface area contributed by atoms with E-state index in [-0.39, 0.29) is 29.2 Å². The molecule has 4 nitrogen and oxygen atoms in total. The van der Waals surface area contributed by atoms with Crippen LogP contribution in [0.4, 0.5) is 4.79 Å². The van der Waals surface area contributed by atoms with Crippen LogP contribution in [-0.2, 0) is 11.2 Å². The number of carbonyl (C=O) groups excluding carboxylic acids is 1. The van der Waals surface area contributed by atoms with E-state index >= 15 is 0 Å². The first-order valence-electron chi connectivity index (χ1n) is 11.3. The number of hydrogen-bond donors (Lipinski definition) is 1. The Labute approximate surface area is 189 Å². The molecule has 0 radical (unpaired) electrons. The lowest BCUT2D eigenvalue weighted by molar-refractivity contribution is 0.0495. The van der Waals surface area contributed by atoms with Crippen molar-refractivity contribution in [1.29, 1.82) is 0 Å². The standard InChI is InChI=1S/C28H29NO3/c1-28(2,3)26-20-13-12-19(30)16-18(20)14-15-29(26)27(31)32-17-25-23-10-6-4-8-21(23)22-9-5-7-11-24(22)25/h4-13,16,25-26,30H,14-15,17H2,1-3H3. The van der Waals surface area contributed by atoms with Crippen LogP contribution >= 0.6 is 0 Å². The third kappa shape index (κ3) is 3.44. The Morgan fingerprint density at radius 1 is 0.969 bits per heavy atom. The van der Waals surface area contributed by atoms with Crippen molar-refractivity contribution >= 4 is 6.09 Å². The van der Waals surface area contributed by atoms with Crippen molar-refractivity contribution in [2.45, 2.75) is 39.2 Å². The lowest BCUT2D eigenvalue weighted by atomic mass is 9.77. The number of benzene rings is 3. The fraction of sp³-hybridized carbons (Fsp3) is 0.321. The minimum atomic E-state index is -0.273. The summed E-state index contributed by atoms with van der Waals surface area (Å²) in [5, 5.41) is 9.91. The van der Waals surface area contributed by atoms with Crippen LogP contribution < -0.4 is 0 Å². The summed E-state index contributed by atoms with van der Waals surface area (Å²) in [4.78, 5) is 15.2. The molecule has 164 valence electrons. The van der Waals surface area contributed by atoms with Crippen molar-refractivity contribution in [2.24, 2.45) is 5.41 Å². The third-order valence-electron chi connectivity index (χ3n) is 6.75. The van der Waals surface area contributed by atoms with Crippen molar-refractivity contribution in [3.8, 4) is 16.9 Å². The van der Waals surface area contributed by atoms with E-state index in [2.05, 4.69) is 57.2 Å². The summed E-state index contributed by atoms with van der Waals surface area (Å²) in [7, 11) is 0. The maximum Gasteiger partial charge on any atom is 0.410 e.